The third kappa shape index (κ3) is 3.03. The fourth-order valence-electron chi connectivity index (χ4n) is 3.85. The quantitative estimate of drug-likeness (QED) is 0.834. The van der Waals surface area contributed by atoms with Gasteiger partial charge in [0.05, 0.1) is 13.1 Å². The lowest BCUT2D eigenvalue weighted by molar-refractivity contribution is -0.903. The number of aromatic nitrogens is 1. The van der Waals surface area contributed by atoms with Crippen molar-refractivity contribution in [3.63, 3.8) is 0 Å². The molecule has 2 atom stereocenters. The van der Waals surface area contributed by atoms with E-state index in [4.69, 9.17) is 0 Å². The maximum atomic E-state index is 12.7. The van der Waals surface area contributed by atoms with Crippen LogP contribution in [0.3, 0.4) is 0 Å². The number of H-pyrrole nitrogens is 1. The van der Waals surface area contributed by atoms with Crippen molar-refractivity contribution in [3.05, 3.63) is 35.5 Å². The molecule has 2 heterocycles. The number of aryl methyl sites for hydroxylation is 1. The van der Waals surface area contributed by atoms with Crippen LogP contribution >= 0.6 is 0 Å². The van der Waals surface area contributed by atoms with Crippen LogP contribution in [0.4, 0.5) is 0 Å². The van der Waals surface area contributed by atoms with Crippen molar-refractivity contribution in [2.24, 2.45) is 11.8 Å². The number of likely N-dealkylation sites (tertiary alicyclic amines) is 1. The Morgan fingerprint density at radius 1 is 1.29 bits per heavy atom. The van der Waals surface area contributed by atoms with Crippen molar-refractivity contribution >= 4 is 16.7 Å². The van der Waals surface area contributed by atoms with Gasteiger partial charge in [-0.1, -0.05) is 25.5 Å². The highest BCUT2D eigenvalue weighted by atomic mass is 16.1. The van der Waals surface area contributed by atoms with Gasteiger partial charge in [-0.15, -0.1) is 0 Å². The maximum absolute atomic E-state index is 12.7. The number of carbonyl (C=O) groups is 1. The summed E-state index contributed by atoms with van der Waals surface area (Å²) in [4.78, 5) is 17.3. The van der Waals surface area contributed by atoms with Crippen LogP contribution in [0.2, 0.25) is 0 Å². The van der Waals surface area contributed by atoms with Gasteiger partial charge in [0, 0.05) is 34.5 Å². The molecule has 112 valence electrons. The van der Waals surface area contributed by atoms with Crippen molar-refractivity contribution in [1.29, 1.82) is 0 Å². The number of benzene rings is 1. The molecule has 0 saturated carbocycles. The lowest BCUT2D eigenvalue weighted by atomic mass is 9.91. The average molecular weight is 285 g/mol. The Kier molecular flexibility index (Phi) is 3.85. The number of rotatable bonds is 3. The second-order valence-corrected chi connectivity index (χ2v) is 6.96. The van der Waals surface area contributed by atoms with Crippen molar-refractivity contribution < 1.29 is 9.69 Å². The van der Waals surface area contributed by atoms with Crippen molar-refractivity contribution in [2.75, 3.05) is 19.6 Å². The Bertz CT molecular complexity index is 648. The van der Waals surface area contributed by atoms with Gasteiger partial charge in [-0.3, -0.25) is 4.79 Å². The summed E-state index contributed by atoms with van der Waals surface area (Å²) < 4.78 is 0. The molecule has 0 bridgehead atoms. The second kappa shape index (κ2) is 5.64. The molecular formula is C18H25N2O+. The fourth-order valence-corrected chi connectivity index (χ4v) is 3.85. The van der Waals surface area contributed by atoms with Gasteiger partial charge in [0.25, 0.3) is 0 Å². The number of Topliss-reactive ketones (excluding diaryl/α,β-unsaturated/α-hetero) is 1. The van der Waals surface area contributed by atoms with E-state index < -0.39 is 0 Å². The van der Waals surface area contributed by atoms with E-state index in [-0.39, 0.29) is 5.78 Å². The molecular weight excluding hydrogens is 260 g/mol. The molecule has 0 amide bonds. The van der Waals surface area contributed by atoms with Crippen LogP contribution < -0.4 is 4.90 Å². The number of hydrogen-bond donors (Lipinski definition) is 2. The molecule has 1 aliphatic rings. The average Bonchev–Trinajstić information content (AvgIpc) is 2.80. The first kappa shape index (κ1) is 14.3. The fraction of sp³-hybridized carbons (Fsp3) is 0.500. The van der Waals surface area contributed by atoms with Crippen LogP contribution in [0.1, 0.15) is 36.2 Å². The minimum absolute atomic E-state index is 0.267. The molecule has 1 aromatic carbocycles. The predicted octanol–water partition coefficient (Wildman–Crippen LogP) is 2.22. The van der Waals surface area contributed by atoms with E-state index in [2.05, 4.69) is 44.0 Å². The van der Waals surface area contributed by atoms with E-state index in [1.54, 1.807) is 0 Å². The Hall–Kier alpha value is -1.61. The Morgan fingerprint density at radius 3 is 2.71 bits per heavy atom. The minimum atomic E-state index is 0.267. The molecule has 1 aliphatic heterocycles. The number of hydrogen-bond acceptors (Lipinski definition) is 1. The van der Waals surface area contributed by atoms with Crippen LogP contribution in [-0.4, -0.2) is 30.4 Å². The Labute approximate surface area is 126 Å². The van der Waals surface area contributed by atoms with Gasteiger partial charge in [-0.25, -0.2) is 0 Å². The third-order valence-corrected chi connectivity index (χ3v) is 4.63. The summed E-state index contributed by atoms with van der Waals surface area (Å²) in [5, 5.41) is 1.07. The number of fused-ring (bicyclic) bond motifs is 1. The van der Waals surface area contributed by atoms with Gasteiger partial charge in [0.15, 0.2) is 0 Å². The molecule has 0 radical (unpaired) electrons. The topological polar surface area (TPSA) is 37.3 Å². The lowest BCUT2D eigenvalue weighted by Crippen LogP contribution is -3.15. The van der Waals surface area contributed by atoms with Crippen LogP contribution in [-0.2, 0) is 0 Å². The second-order valence-electron chi connectivity index (χ2n) is 6.96. The van der Waals surface area contributed by atoms with E-state index in [1.807, 2.05) is 6.20 Å². The summed E-state index contributed by atoms with van der Waals surface area (Å²) in [7, 11) is 0. The van der Waals surface area contributed by atoms with Crippen LogP contribution in [0.5, 0.6) is 0 Å². The van der Waals surface area contributed by atoms with Crippen LogP contribution in [0.25, 0.3) is 10.9 Å². The summed E-state index contributed by atoms with van der Waals surface area (Å²) in [5.41, 5.74) is 3.11. The lowest BCUT2D eigenvalue weighted by Gasteiger charge is -2.31. The number of carbonyl (C=O) groups excluding carboxylic acids is 1. The molecule has 1 aromatic heterocycles. The van der Waals surface area contributed by atoms with Crippen LogP contribution in [0.15, 0.2) is 24.4 Å². The largest absolute Gasteiger partial charge is 0.360 e. The van der Waals surface area contributed by atoms with Gasteiger partial charge in [-0.2, -0.15) is 0 Å². The molecule has 3 heteroatoms. The first-order valence-corrected chi connectivity index (χ1v) is 7.97. The third-order valence-electron chi connectivity index (χ3n) is 4.63. The number of quaternary nitrogens is 1. The molecule has 2 aromatic rings. The molecule has 0 spiro atoms. The number of aromatic amines is 1. The first-order valence-electron chi connectivity index (χ1n) is 7.97. The molecule has 3 nitrogen and oxygen atoms in total. The smallest absolute Gasteiger partial charge is 0.219 e. The van der Waals surface area contributed by atoms with Gasteiger partial charge < -0.3 is 9.88 Å². The SMILES string of the molecule is Cc1ccc2[nH]cc(C(=O)C[NH+]3C[C@H](C)C[C@@H](C)C3)c2c1. The first-order chi connectivity index (χ1) is 10.0. The monoisotopic (exact) mass is 285 g/mol. The van der Waals surface area contributed by atoms with Crippen molar-refractivity contribution in [2.45, 2.75) is 27.2 Å². The molecule has 21 heavy (non-hydrogen) atoms. The highest BCUT2D eigenvalue weighted by Crippen LogP contribution is 2.20. The zero-order valence-corrected chi connectivity index (χ0v) is 13.2. The molecule has 0 aliphatic carbocycles. The summed E-state index contributed by atoms with van der Waals surface area (Å²) in [6.07, 6.45) is 3.17. The van der Waals surface area contributed by atoms with Crippen molar-refractivity contribution in [3.8, 4) is 0 Å². The van der Waals surface area contributed by atoms with Gasteiger partial charge in [-0.05, 0) is 25.5 Å². The zero-order valence-electron chi connectivity index (χ0n) is 13.2. The zero-order chi connectivity index (χ0) is 15.0. The predicted molar refractivity (Wildman–Crippen MR) is 85.9 cm³/mol. The Balaban J connectivity index is 1.79. The highest BCUT2D eigenvalue weighted by Gasteiger charge is 2.27. The molecule has 1 fully saturated rings. The highest BCUT2D eigenvalue weighted by molar-refractivity contribution is 6.08. The molecule has 0 unspecified atom stereocenters. The molecule has 2 N–H and O–H groups in total. The summed E-state index contributed by atoms with van der Waals surface area (Å²) in [6.45, 7) is 9.54. The van der Waals surface area contributed by atoms with Crippen molar-refractivity contribution in [1.82, 2.24) is 4.98 Å². The standard InChI is InChI=1S/C18H24N2O/c1-12-4-5-17-15(7-12)16(8-19-17)18(21)11-20-9-13(2)6-14(3)10-20/h4-5,7-8,13-14,19H,6,9-11H2,1-3H3/p+1/t13-,14-/m1/s1. The number of nitrogens with one attached hydrogen (secondary N) is 2. The normalized spacial score (nSPS) is 26.1. The van der Waals surface area contributed by atoms with Gasteiger partial charge in [0.1, 0.15) is 6.54 Å². The minimum Gasteiger partial charge on any atom is -0.360 e. The molecule has 1 saturated heterocycles. The number of piperidine rings is 1. The maximum Gasteiger partial charge on any atom is 0.219 e. The van der Waals surface area contributed by atoms with E-state index in [0.717, 1.165) is 41.4 Å². The van der Waals surface area contributed by atoms with E-state index in [1.165, 1.54) is 16.9 Å². The summed E-state index contributed by atoms with van der Waals surface area (Å²) in [5.74, 6) is 1.71. The van der Waals surface area contributed by atoms with E-state index >= 15 is 0 Å². The van der Waals surface area contributed by atoms with Crippen LogP contribution in [0, 0.1) is 18.8 Å². The Morgan fingerprint density at radius 2 is 2.00 bits per heavy atom. The van der Waals surface area contributed by atoms with E-state index in [9.17, 15) is 4.79 Å². The van der Waals surface area contributed by atoms with Gasteiger partial charge >= 0.3 is 0 Å². The summed E-state index contributed by atoms with van der Waals surface area (Å²) >= 11 is 0. The molecule has 3 rings (SSSR count). The van der Waals surface area contributed by atoms with Gasteiger partial charge in [0.2, 0.25) is 5.78 Å². The number of ketones is 1. The summed E-state index contributed by atoms with van der Waals surface area (Å²) in [6, 6.07) is 6.24. The van der Waals surface area contributed by atoms with E-state index in [0.29, 0.717) is 6.54 Å².